The third-order valence-corrected chi connectivity index (χ3v) is 3.40. The van der Waals surface area contributed by atoms with Crippen molar-refractivity contribution in [2.45, 2.75) is 45.6 Å². The lowest BCUT2D eigenvalue weighted by Gasteiger charge is -2.23. The lowest BCUT2D eigenvalue weighted by Crippen LogP contribution is -2.35. The molecular weight excluding hydrogens is 222 g/mol. The van der Waals surface area contributed by atoms with E-state index in [1.807, 2.05) is 0 Å². The summed E-state index contributed by atoms with van der Waals surface area (Å²) < 4.78 is 5.70. The van der Waals surface area contributed by atoms with Gasteiger partial charge >= 0.3 is 0 Å². The number of ether oxygens (including phenoxy) is 1. The highest BCUT2D eigenvalue weighted by atomic mass is 16.5. The predicted octanol–water partition coefficient (Wildman–Crippen LogP) is 3.41. The second kappa shape index (κ2) is 6.79. The van der Waals surface area contributed by atoms with Crippen molar-refractivity contribution in [1.82, 2.24) is 5.32 Å². The van der Waals surface area contributed by atoms with Gasteiger partial charge in [0.1, 0.15) is 5.75 Å². The van der Waals surface area contributed by atoms with Crippen molar-refractivity contribution in [3.63, 3.8) is 0 Å². The van der Waals surface area contributed by atoms with Crippen LogP contribution < -0.4 is 10.1 Å². The van der Waals surface area contributed by atoms with Gasteiger partial charge in [0.2, 0.25) is 0 Å². The van der Waals surface area contributed by atoms with Crippen molar-refractivity contribution in [2.75, 3.05) is 13.2 Å². The first-order valence-electron chi connectivity index (χ1n) is 7.19. The zero-order valence-electron chi connectivity index (χ0n) is 11.6. The Labute approximate surface area is 111 Å². The van der Waals surface area contributed by atoms with Crippen LogP contribution in [0.2, 0.25) is 0 Å². The number of rotatable bonds is 5. The second-order valence-corrected chi connectivity index (χ2v) is 5.70. The molecule has 0 unspecified atom stereocenters. The van der Waals surface area contributed by atoms with Crippen LogP contribution in [0.3, 0.4) is 0 Å². The van der Waals surface area contributed by atoms with E-state index in [-0.39, 0.29) is 0 Å². The number of piperidine rings is 1. The highest BCUT2D eigenvalue weighted by molar-refractivity contribution is 5.27. The quantitative estimate of drug-likeness (QED) is 0.861. The average Bonchev–Trinajstić information content (AvgIpc) is 2.39. The summed E-state index contributed by atoms with van der Waals surface area (Å²) in [5.41, 5.74) is 1.41. The van der Waals surface area contributed by atoms with Crippen LogP contribution in [0.1, 0.15) is 38.7 Å². The van der Waals surface area contributed by atoms with Crippen molar-refractivity contribution < 1.29 is 4.74 Å². The van der Waals surface area contributed by atoms with Crippen LogP contribution in [0, 0.1) is 5.92 Å². The van der Waals surface area contributed by atoms with Crippen molar-refractivity contribution in [2.24, 2.45) is 5.92 Å². The molecule has 0 aliphatic carbocycles. The Kier molecular flexibility index (Phi) is 5.06. The van der Waals surface area contributed by atoms with Crippen LogP contribution in [0.15, 0.2) is 24.3 Å². The molecule has 1 heterocycles. The Balaban J connectivity index is 1.83. The van der Waals surface area contributed by atoms with E-state index in [1.54, 1.807) is 0 Å². The minimum Gasteiger partial charge on any atom is -0.493 e. The Morgan fingerprint density at radius 2 is 2.00 bits per heavy atom. The average molecular weight is 247 g/mol. The largest absolute Gasteiger partial charge is 0.493 e. The van der Waals surface area contributed by atoms with Gasteiger partial charge in [-0.25, -0.2) is 0 Å². The molecule has 2 rings (SSSR count). The fourth-order valence-corrected chi connectivity index (χ4v) is 2.37. The number of benzene rings is 1. The molecule has 2 heteroatoms. The van der Waals surface area contributed by atoms with E-state index in [4.69, 9.17) is 4.74 Å². The van der Waals surface area contributed by atoms with Gasteiger partial charge in [-0.1, -0.05) is 32.4 Å². The standard InChI is InChI=1S/C16H25NO/c1-13(2)12-18-16-8-6-14(7-9-16)11-15-5-3-4-10-17-15/h6-9,13,15,17H,3-5,10-12H2,1-2H3/t15-/m0/s1. The molecule has 1 aromatic carbocycles. The molecule has 2 nitrogen and oxygen atoms in total. The van der Waals surface area contributed by atoms with E-state index >= 15 is 0 Å². The van der Waals surface area contributed by atoms with Gasteiger partial charge < -0.3 is 10.1 Å². The molecule has 1 aliphatic rings. The van der Waals surface area contributed by atoms with Gasteiger partial charge in [0, 0.05) is 6.04 Å². The fourth-order valence-electron chi connectivity index (χ4n) is 2.37. The van der Waals surface area contributed by atoms with Crippen LogP contribution in [0.4, 0.5) is 0 Å². The number of nitrogens with one attached hydrogen (secondary N) is 1. The van der Waals surface area contributed by atoms with Crippen molar-refractivity contribution in [3.05, 3.63) is 29.8 Å². The Morgan fingerprint density at radius 1 is 1.22 bits per heavy atom. The molecule has 100 valence electrons. The molecule has 0 saturated carbocycles. The van der Waals surface area contributed by atoms with Gasteiger partial charge in [-0.2, -0.15) is 0 Å². The van der Waals surface area contributed by atoms with Gasteiger partial charge in [0.25, 0.3) is 0 Å². The summed E-state index contributed by atoms with van der Waals surface area (Å²) in [4.78, 5) is 0. The molecule has 0 spiro atoms. The summed E-state index contributed by atoms with van der Waals surface area (Å²) in [6.45, 7) is 6.32. The monoisotopic (exact) mass is 247 g/mol. The van der Waals surface area contributed by atoms with Crippen molar-refractivity contribution in [1.29, 1.82) is 0 Å². The Morgan fingerprint density at radius 3 is 2.61 bits per heavy atom. The molecule has 0 bridgehead atoms. The van der Waals surface area contributed by atoms with Gasteiger partial charge in [-0.3, -0.25) is 0 Å². The third-order valence-electron chi connectivity index (χ3n) is 3.40. The maximum atomic E-state index is 5.70. The highest BCUT2D eigenvalue weighted by Gasteiger charge is 2.12. The van der Waals surface area contributed by atoms with Crippen LogP contribution >= 0.6 is 0 Å². The van der Waals surface area contributed by atoms with Crippen molar-refractivity contribution >= 4 is 0 Å². The van der Waals surface area contributed by atoms with E-state index in [0.717, 1.165) is 18.8 Å². The Bertz CT molecular complexity index is 339. The SMILES string of the molecule is CC(C)COc1ccc(C[C@@H]2CCCCN2)cc1. The lowest BCUT2D eigenvalue weighted by molar-refractivity contribution is 0.271. The molecule has 1 N–H and O–H groups in total. The summed E-state index contributed by atoms with van der Waals surface area (Å²) in [6, 6.07) is 9.26. The first-order valence-corrected chi connectivity index (χ1v) is 7.19. The maximum Gasteiger partial charge on any atom is 0.119 e. The van der Waals surface area contributed by atoms with Gasteiger partial charge in [0.15, 0.2) is 0 Å². The molecule has 0 amide bonds. The van der Waals surface area contributed by atoms with Crippen LogP contribution in [0.5, 0.6) is 5.75 Å². The normalized spacial score (nSPS) is 20.1. The summed E-state index contributed by atoms with van der Waals surface area (Å²) in [5.74, 6) is 1.57. The minimum atomic E-state index is 0.580. The first-order chi connectivity index (χ1) is 8.74. The van der Waals surface area contributed by atoms with Crippen molar-refractivity contribution in [3.8, 4) is 5.75 Å². The van der Waals surface area contributed by atoms with Gasteiger partial charge in [0.05, 0.1) is 6.61 Å². The van der Waals surface area contributed by atoms with Gasteiger partial charge in [-0.05, 0) is 49.4 Å². The van der Waals surface area contributed by atoms with Crippen LogP contribution in [-0.4, -0.2) is 19.2 Å². The first kappa shape index (κ1) is 13.4. The minimum absolute atomic E-state index is 0.580. The molecule has 1 aliphatic heterocycles. The summed E-state index contributed by atoms with van der Waals surface area (Å²) in [7, 11) is 0. The third kappa shape index (κ3) is 4.34. The Hall–Kier alpha value is -1.02. The molecule has 0 radical (unpaired) electrons. The van der Waals surface area contributed by atoms with E-state index in [1.165, 1.54) is 31.4 Å². The van der Waals surface area contributed by atoms with E-state index in [9.17, 15) is 0 Å². The van der Waals surface area contributed by atoms with Crippen LogP contribution in [-0.2, 0) is 6.42 Å². The second-order valence-electron chi connectivity index (χ2n) is 5.70. The van der Waals surface area contributed by atoms with Crippen LogP contribution in [0.25, 0.3) is 0 Å². The molecule has 18 heavy (non-hydrogen) atoms. The zero-order valence-corrected chi connectivity index (χ0v) is 11.6. The molecular formula is C16H25NO. The number of hydrogen-bond acceptors (Lipinski definition) is 2. The molecule has 1 fully saturated rings. The van der Waals surface area contributed by atoms with E-state index in [2.05, 4.69) is 43.4 Å². The summed E-state index contributed by atoms with van der Waals surface area (Å²) >= 11 is 0. The highest BCUT2D eigenvalue weighted by Crippen LogP contribution is 2.17. The predicted molar refractivity (Wildman–Crippen MR) is 76.1 cm³/mol. The van der Waals surface area contributed by atoms with E-state index < -0.39 is 0 Å². The molecule has 1 aromatic rings. The summed E-state index contributed by atoms with van der Waals surface area (Å²) in [5, 5.41) is 3.59. The smallest absolute Gasteiger partial charge is 0.119 e. The number of hydrogen-bond donors (Lipinski definition) is 1. The molecule has 1 saturated heterocycles. The fraction of sp³-hybridized carbons (Fsp3) is 0.625. The molecule has 0 aromatic heterocycles. The lowest BCUT2D eigenvalue weighted by atomic mass is 9.98. The van der Waals surface area contributed by atoms with E-state index in [0.29, 0.717) is 12.0 Å². The zero-order chi connectivity index (χ0) is 12.8. The molecule has 1 atom stereocenters. The van der Waals surface area contributed by atoms with Gasteiger partial charge in [-0.15, -0.1) is 0 Å². The maximum absolute atomic E-state index is 5.70. The topological polar surface area (TPSA) is 21.3 Å². The summed E-state index contributed by atoms with van der Waals surface area (Å²) in [6.07, 6.45) is 5.15.